The second-order valence-electron chi connectivity index (χ2n) is 7.40. The normalized spacial score (nSPS) is 20.7. The molecule has 1 aliphatic rings. The number of benzene rings is 1. The molecule has 2 aromatic rings. The summed E-state index contributed by atoms with van der Waals surface area (Å²) in [6.45, 7) is 8.10. The van der Waals surface area contributed by atoms with Crippen LogP contribution < -0.4 is 10.9 Å². The van der Waals surface area contributed by atoms with Gasteiger partial charge in [0.05, 0.1) is 16.2 Å². The number of allylic oxidation sites excluding steroid dienone is 1. The van der Waals surface area contributed by atoms with Crippen molar-refractivity contribution in [3.63, 3.8) is 0 Å². The van der Waals surface area contributed by atoms with Crippen LogP contribution in [-0.4, -0.2) is 26.8 Å². The summed E-state index contributed by atoms with van der Waals surface area (Å²) in [7, 11) is 0. The van der Waals surface area contributed by atoms with Crippen molar-refractivity contribution in [3.8, 4) is 0 Å². The minimum Gasteiger partial charge on any atom is -0.352 e. The summed E-state index contributed by atoms with van der Waals surface area (Å²) < 4.78 is 1.54. The topological polar surface area (TPSA) is 64.0 Å². The van der Waals surface area contributed by atoms with E-state index in [1.807, 2.05) is 6.92 Å². The first-order valence-corrected chi connectivity index (χ1v) is 10.9. The molecule has 3 rings (SSSR count). The minimum absolute atomic E-state index is 0.0145. The number of rotatable bonds is 6. The number of halogens is 1. The van der Waals surface area contributed by atoms with Crippen LogP contribution in [0.3, 0.4) is 0 Å². The molecule has 1 aromatic heterocycles. The van der Waals surface area contributed by atoms with E-state index in [-0.39, 0.29) is 22.8 Å². The number of nitrogens with zero attached hydrogens (tertiary/aromatic N) is 2. The fraction of sp³-hybridized carbons (Fsp3) is 0.476. The maximum Gasteiger partial charge on any atom is 0.262 e. The first-order chi connectivity index (χ1) is 13.4. The number of thioether (sulfide) groups is 1. The standard InChI is InChI=1S/C21H26ClN3O2S/c1-4-11-25-20(27)16-12-15(22)9-10-18(16)24-21(25)28-14(3)19(26)23-17-8-6-5-7-13(17)2/h4,9-10,12-14,17H,1,5-8,11H2,2-3H3,(H,23,26)/t13-,14-,17+/m1/s1. The van der Waals surface area contributed by atoms with Crippen molar-refractivity contribution in [2.24, 2.45) is 5.92 Å². The van der Waals surface area contributed by atoms with Crippen LogP contribution in [0.2, 0.25) is 5.02 Å². The Morgan fingerprint density at radius 3 is 2.93 bits per heavy atom. The summed E-state index contributed by atoms with van der Waals surface area (Å²) in [5.74, 6) is 0.483. The van der Waals surface area contributed by atoms with Gasteiger partial charge in [0.1, 0.15) is 0 Å². The lowest BCUT2D eigenvalue weighted by Gasteiger charge is -2.30. The first-order valence-electron chi connectivity index (χ1n) is 9.68. The Labute approximate surface area is 174 Å². The zero-order valence-corrected chi connectivity index (χ0v) is 17.9. The zero-order valence-electron chi connectivity index (χ0n) is 16.3. The fourth-order valence-electron chi connectivity index (χ4n) is 3.60. The number of nitrogens with one attached hydrogen (secondary N) is 1. The van der Waals surface area contributed by atoms with Crippen molar-refractivity contribution >= 4 is 40.2 Å². The van der Waals surface area contributed by atoms with E-state index in [4.69, 9.17) is 11.6 Å². The third-order valence-corrected chi connectivity index (χ3v) is 6.61. The molecule has 0 aliphatic heterocycles. The van der Waals surface area contributed by atoms with Gasteiger partial charge in [0, 0.05) is 17.6 Å². The van der Waals surface area contributed by atoms with Gasteiger partial charge in [-0.25, -0.2) is 4.98 Å². The Kier molecular flexibility index (Phi) is 6.83. The molecule has 1 aliphatic carbocycles. The summed E-state index contributed by atoms with van der Waals surface area (Å²) in [6, 6.07) is 5.30. The molecule has 1 aromatic carbocycles. The van der Waals surface area contributed by atoms with Crippen LogP contribution in [0.5, 0.6) is 0 Å². The van der Waals surface area contributed by atoms with Gasteiger partial charge in [0.15, 0.2) is 5.16 Å². The lowest BCUT2D eigenvalue weighted by Crippen LogP contribution is -2.44. The van der Waals surface area contributed by atoms with E-state index < -0.39 is 0 Å². The lowest BCUT2D eigenvalue weighted by atomic mass is 9.86. The number of amides is 1. The van der Waals surface area contributed by atoms with Crippen molar-refractivity contribution in [3.05, 3.63) is 46.2 Å². The van der Waals surface area contributed by atoms with Gasteiger partial charge in [-0.1, -0.05) is 49.2 Å². The highest BCUT2D eigenvalue weighted by Crippen LogP contribution is 2.26. The molecule has 0 saturated heterocycles. The van der Waals surface area contributed by atoms with E-state index in [1.165, 1.54) is 18.2 Å². The molecule has 3 atom stereocenters. The first kappa shape index (κ1) is 20.9. The van der Waals surface area contributed by atoms with Gasteiger partial charge in [-0.3, -0.25) is 14.2 Å². The number of hydrogen-bond donors (Lipinski definition) is 1. The second kappa shape index (κ2) is 9.14. The zero-order chi connectivity index (χ0) is 20.3. The molecule has 0 unspecified atom stereocenters. The maximum atomic E-state index is 12.9. The highest BCUT2D eigenvalue weighted by Gasteiger charge is 2.26. The van der Waals surface area contributed by atoms with Gasteiger partial charge in [-0.2, -0.15) is 0 Å². The van der Waals surface area contributed by atoms with Crippen LogP contribution in [0.4, 0.5) is 0 Å². The average molecular weight is 420 g/mol. The van der Waals surface area contributed by atoms with Gasteiger partial charge in [-0.15, -0.1) is 6.58 Å². The average Bonchev–Trinajstić information content (AvgIpc) is 2.67. The molecule has 1 saturated carbocycles. The van der Waals surface area contributed by atoms with E-state index >= 15 is 0 Å². The Balaban J connectivity index is 1.84. The molecule has 1 heterocycles. The molecular weight excluding hydrogens is 394 g/mol. The SMILES string of the molecule is C=CCn1c(S[C@H](C)C(=O)N[C@H]2CCCC[C@H]2C)nc2ccc(Cl)cc2c1=O. The van der Waals surface area contributed by atoms with Crippen LogP contribution >= 0.6 is 23.4 Å². The van der Waals surface area contributed by atoms with Gasteiger partial charge in [0.25, 0.3) is 5.56 Å². The number of aromatic nitrogens is 2. The monoisotopic (exact) mass is 419 g/mol. The van der Waals surface area contributed by atoms with E-state index in [0.717, 1.165) is 19.3 Å². The fourth-order valence-corrected chi connectivity index (χ4v) is 4.69. The van der Waals surface area contributed by atoms with Gasteiger partial charge in [0.2, 0.25) is 5.91 Å². The molecule has 7 heteroatoms. The third kappa shape index (κ3) is 4.61. The van der Waals surface area contributed by atoms with Crippen molar-refractivity contribution < 1.29 is 4.79 Å². The number of fused-ring (bicyclic) bond motifs is 1. The third-order valence-electron chi connectivity index (χ3n) is 5.28. The van der Waals surface area contributed by atoms with Gasteiger partial charge >= 0.3 is 0 Å². The molecule has 150 valence electrons. The van der Waals surface area contributed by atoms with E-state index in [1.54, 1.807) is 28.8 Å². The highest BCUT2D eigenvalue weighted by atomic mass is 35.5. The van der Waals surface area contributed by atoms with Crippen LogP contribution in [-0.2, 0) is 11.3 Å². The molecule has 0 bridgehead atoms. The van der Waals surface area contributed by atoms with Crippen molar-refractivity contribution in [2.75, 3.05) is 0 Å². The number of hydrogen-bond acceptors (Lipinski definition) is 4. The van der Waals surface area contributed by atoms with Crippen molar-refractivity contribution in [2.45, 2.75) is 62.5 Å². The molecule has 1 fully saturated rings. The smallest absolute Gasteiger partial charge is 0.262 e. The van der Waals surface area contributed by atoms with E-state index in [2.05, 4.69) is 23.8 Å². The molecule has 28 heavy (non-hydrogen) atoms. The highest BCUT2D eigenvalue weighted by molar-refractivity contribution is 8.00. The van der Waals surface area contributed by atoms with Crippen LogP contribution in [0.1, 0.15) is 39.5 Å². The predicted molar refractivity (Wildman–Crippen MR) is 116 cm³/mol. The van der Waals surface area contributed by atoms with Crippen molar-refractivity contribution in [1.82, 2.24) is 14.9 Å². The quantitative estimate of drug-likeness (QED) is 0.428. The summed E-state index contributed by atoms with van der Waals surface area (Å²) in [6.07, 6.45) is 6.22. The van der Waals surface area contributed by atoms with Gasteiger partial charge < -0.3 is 5.32 Å². The van der Waals surface area contributed by atoms with Gasteiger partial charge in [-0.05, 0) is 43.9 Å². The summed E-state index contributed by atoms with van der Waals surface area (Å²) in [5, 5.41) is 4.30. The molecule has 1 N–H and O–H groups in total. The molecular formula is C21H26ClN3O2S. The minimum atomic E-state index is -0.359. The van der Waals surface area contributed by atoms with Crippen LogP contribution in [0, 0.1) is 5.92 Å². The number of carbonyl (C=O) groups excluding carboxylic acids is 1. The lowest BCUT2D eigenvalue weighted by molar-refractivity contribution is -0.121. The molecule has 0 radical (unpaired) electrons. The van der Waals surface area contributed by atoms with Crippen LogP contribution in [0.25, 0.3) is 10.9 Å². The molecule has 1 amide bonds. The molecule has 0 spiro atoms. The Bertz CT molecular complexity index is 943. The maximum absolute atomic E-state index is 12.9. The summed E-state index contributed by atoms with van der Waals surface area (Å²) in [4.78, 5) is 30.3. The number of carbonyl (C=O) groups is 1. The Morgan fingerprint density at radius 2 is 2.21 bits per heavy atom. The Morgan fingerprint density at radius 1 is 1.46 bits per heavy atom. The van der Waals surface area contributed by atoms with Crippen LogP contribution in [0.15, 0.2) is 40.8 Å². The van der Waals surface area contributed by atoms with E-state index in [0.29, 0.717) is 33.5 Å². The van der Waals surface area contributed by atoms with E-state index in [9.17, 15) is 9.59 Å². The summed E-state index contributed by atoms with van der Waals surface area (Å²) in [5.41, 5.74) is 0.397. The Hall–Kier alpha value is -1.79. The van der Waals surface area contributed by atoms with Crippen molar-refractivity contribution in [1.29, 1.82) is 0 Å². The largest absolute Gasteiger partial charge is 0.352 e. The predicted octanol–water partition coefficient (Wildman–Crippen LogP) is 4.41. The second-order valence-corrected chi connectivity index (χ2v) is 9.14. The summed E-state index contributed by atoms with van der Waals surface area (Å²) >= 11 is 7.34. The molecule has 5 nitrogen and oxygen atoms in total.